The first kappa shape index (κ1) is 10.2. The lowest BCUT2D eigenvalue weighted by Crippen LogP contribution is -2.08. The van der Waals surface area contributed by atoms with Crippen LogP contribution in [0, 0.1) is 18.8 Å². The summed E-state index contributed by atoms with van der Waals surface area (Å²) in [5.41, 5.74) is 2.55. The van der Waals surface area contributed by atoms with Crippen LogP contribution in [0.1, 0.15) is 24.6 Å². The normalized spacial score (nSPS) is 27.4. The number of rotatable bonds is 3. The predicted octanol–water partition coefficient (Wildman–Crippen LogP) is 3.35. The molecule has 3 atom stereocenters. The van der Waals surface area contributed by atoms with Crippen molar-refractivity contribution in [3.05, 3.63) is 29.6 Å². The lowest BCUT2D eigenvalue weighted by atomic mass is 10.1. The van der Waals surface area contributed by atoms with Gasteiger partial charge in [-0.05, 0) is 36.8 Å². The van der Waals surface area contributed by atoms with Crippen LogP contribution < -0.4 is 0 Å². The number of pyridine rings is 1. The van der Waals surface area contributed by atoms with E-state index in [0.29, 0.717) is 4.83 Å². The Labute approximate surface area is 94.1 Å². The second-order valence-corrected chi connectivity index (χ2v) is 5.54. The molecule has 1 aliphatic carbocycles. The zero-order chi connectivity index (χ0) is 10.1. The molecule has 3 unspecified atom stereocenters. The molecule has 0 saturated heterocycles. The molecule has 1 saturated carbocycles. The molecular formula is C12H16BrN. The van der Waals surface area contributed by atoms with E-state index in [9.17, 15) is 0 Å². The molecule has 0 spiro atoms. The minimum atomic E-state index is 0.617. The first-order chi connectivity index (χ1) is 6.68. The second-order valence-electron chi connectivity index (χ2n) is 4.36. The molecule has 14 heavy (non-hydrogen) atoms. The van der Waals surface area contributed by atoms with E-state index in [2.05, 4.69) is 40.8 Å². The Bertz CT molecular complexity index is 324. The Morgan fingerprint density at radius 2 is 2.36 bits per heavy atom. The minimum absolute atomic E-state index is 0.617. The molecule has 1 heterocycles. The topological polar surface area (TPSA) is 12.9 Å². The fourth-order valence-corrected chi connectivity index (χ4v) is 2.97. The van der Waals surface area contributed by atoms with Gasteiger partial charge in [0.1, 0.15) is 0 Å². The summed E-state index contributed by atoms with van der Waals surface area (Å²) in [4.78, 5) is 5.04. The third-order valence-corrected chi connectivity index (χ3v) is 4.15. The van der Waals surface area contributed by atoms with Gasteiger partial charge in [-0.3, -0.25) is 4.98 Å². The van der Waals surface area contributed by atoms with E-state index >= 15 is 0 Å². The van der Waals surface area contributed by atoms with E-state index in [1.54, 1.807) is 0 Å². The average molecular weight is 254 g/mol. The molecule has 0 aromatic carbocycles. The van der Waals surface area contributed by atoms with Gasteiger partial charge in [0.2, 0.25) is 0 Å². The first-order valence-corrected chi connectivity index (χ1v) is 6.14. The zero-order valence-corrected chi connectivity index (χ0v) is 10.3. The van der Waals surface area contributed by atoms with E-state index in [1.807, 2.05) is 12.3 Å². The number of nitrogens with zero attached hydrogens (tertiary/aromatic N) is 1. The van der Waals surface area contributed by atoms with Crippen molar-refractivity contribution in [1.82, 2.24) is 4.98 Å². The van der Waals surface area contributed by atoms with Crippen molar-refractivity contribution < 1.29 is 0 Å². The fourth-order valence-electron chi connectivity index (χ4n) is 1.92. The summed E-state index contributed by atoms with van der Waals surface area (Å²) in [7, 11) is 0. The van der Waals surface area contributed by atoms with Crippen LogP contribution in [-0.4, -0.2) is 9.81 Å². The molecule has 0 radical (unpaired) electrons. The monoisotopic (exact) mass is 253 g/mol. The second kappa shape index (κ2) is 4.01. The summed E-state index contributed by atoms with van der Waals surface area (Å²) in [6.45, 7) is 4.46. The predicted molar refractivity (Wildman–Crippen MR) is 62.7 cm³/mol. The first-order valence-electron chi connectivity index (χ1n) is 5.23. The molecule has 1 aromatic rings. The third-order valence-electron chi connectivity index (χ3n) is 3.14. The van der Waals surface area contributed by atoms with E-state index in [4.69, 9.17) is 0 Å². The maximum atomic E-state index is 4.42. The number of alkyl halides is 1. The summed E-state index contributed by atoms with van der Waals surface area (Å²) >= 11 is 3.78. The van der Waals surface area contributed by atoms with E-state index in [-0.39, 0.29) is 0 Å². The van der Waals surface area contributed by atoms with E-state index in [0.717, 1.165) is 18.3 Å². The Balaban J connectivity index is 2.00. The molecule has 0 N–H and O–H groups in total. The largest absolute Gasteiger partial charge is 0.261 e. The molecule has 2 heteroatoms. The van der Waals surface area contributed by atoms with Gasteiger partial charge in [-0.25, -0.2) is 0 Å². The highest BCUT2D eigenvalue weighted by Gasteiger charge is 2.38. The average Bonchev–Trinajstić information content (AvgIpc) is 2.87. The number of aromatic nitrogens is 1. The summed E-state index contributed by atoms with van der Waals surface area (Å²) in [5, 5.41) is 0. The van der Waals surface area contributed by atoms with Gasteiger partial charge in [-0.15, -0.1) is 0 Å². The summed E-state index contributed by atoms with van der Waals surface area (Å²) in [6.07, 6.45) is 4.34. The molecule has 0 bridgehead atoms. The van der Waals surface area contributed by atoms with Gasteiger partial charge < -0.3 is 0 Å². The van der Waals surface area contributed by atoms with Crippen LogP contribution in [0.5, 0.6) is 0 Å². The van der Waals surface area contributed by atoms with Crippen LogP contribution in [0.2, 0.25) is 0 Å². The molecule has 1 nitrogen and oxygen atoms in total. The highest BCUT2D eigenvalue weighted by molar-refractivity contribution is 9.09. The number of aryl methyl sites for hydroxylation is 1. The van der Waals surface area contributed by atoms with E-state index < -0.39 is 0 Å². The lowest BCUT2D eigenvalue weighted by Gasteiger charge is -2.09. The van der Waals surface area contributed by atoms with Crippen molar-refractivity contribution in [2.24, 2.45) is 11.8 Å². The minimum Gasteiger partial charge on any atom is -0.261 e. The number of hydrogen-bond acceptors (Lipinski definition) is 1. The van der Waals surface area contributed by atoms with Crippen LogP contribution >= 0.6 is 15.9 Å². The van der Waals surface area contributed by atoms with Crippen LogP contribution in [-0.2, 0) is 6.42 Å². The van der Waals surface area contributed by atoms with Crippen LogP contribution in [0.3, 0.4) is 0 Å². The SMILES string of the molecule is Cc1cccnc1CC(Br)C1CC1C. The summed E-state index contributed by atoms with van der Waals surface area (Å²) in [5.74, 6) is 1.78. The molecule has 76 valence electrons. The van der Waals surface area contributed by atoms with Crippen molar-refractivity contribution in [3.8, 4) is 0 Å². The van der Waals surface area contributed by atoms with Gasteiger partial charge in [-0.1, -0.05) is 28.9 Å². The highest BCUT2D eigenvalue weighted by atomic mass is 79.9. The summed E-state index contributed by atoms with van der Waals surface area (Å²) < 4.78 is 0. The van der Waals surface area contributed by atoms with Crippen LogP contribution in [0.15, 0.2) is 18.3 Å². The molecule has 2 rings (SSSR count). The number of halogens is 1. The van der Waals surface area contributed by atoms with Crippen LogP contribution in [0.4, 0.5) is 0 Å². The van der Waals surface area contributed by atoms with Gasteiger partial charge in [0.05, 0.1) is 0 Å². The molecular weight excluding hydrogens is 238 g/mol. The van der Waals surface area contributed by atoms with Gasteiger partial charge in [-0.2, -0.15) is 0 Å². The van der Waals surface area contributed by atoms with Gasteiger partial charge in [0, 0.05) is 23.1 Å². The third kappa shape index (κ3) is 2.17. The number of hydrogen-bond donors (Lipinski definition) is 0. The van der Waals surface area contributed by atoms with Gasteiger partial charge >= 0.3 is 0 Å². The molecule has 1 aromatic heterocycles. The lowest BCUT2D eigenvalue weighted by molar-refractivity contribution is 0.690. The quantitative estimate of drug-likeness (QED) is 0.754. The zero-order valence-electron chi connectivity index (χ0n) is 8.70. The fraction of sp³-hybridized carbons (Fsp3) is 0.583. The summed E-state index contributed by atoms with van der Waals surface area (Å²) in [6, 6.07) is 4.14. The maximum absolute atomic E-state index is 4.42. The van der Waals surface area contributed by atoms with Crippen molar-refractivity contribution in [1.29, 1.82) is 0 Å². The molecule has 0 aliphatic heterocycles. The van der Waals surface area contributed by atoms with Crippen molar-refractivity contribution in [3.63, 3.8) is 0 Å². The Kier molecular flexibility index (Phi) is 2.91. The van der Waals surface area contributed by atoms with Crippen molar-refractivity contribution >= 4 is 15.9 Å². The Morgan fingerprint density at radius 3 is 2.93 bits per heavy atom. The smallest absolute Gasteiger partial charge is 0.0443 e. The maximum Gasteiger partial charge on any atom is 0.0443 e. The highest BCUT2D eigenvalue weighted by Crippen LogP contribution is 2.44. The molecule has 1 aliphatic rings. The van der Waals surface area contributed by atoms with Gasteiger partial charge in [0.25, 0.3) is 0 Å². The van der Waals surface area contributed by atoms with Crippen molar-refractivity contribution in [2.75, 3.05) is 0 Å². The standard InChI is InChI=1S/C12H16BrN/c1-8-4-3-5-14-12(8)7-11(13)10-6-9(10)2/h3-5,9-11H,6-7H2,1-2H3. The molecule has 0 amide bonds. The molecule has 1 fully saturated rings. The van der Waals surface area contributed by atoms with Crippen LogP contribution in [0.25, 0.3) is 0 Å². The van der Waals surface area contributed by atoms with E-state index in [1.165, 1.54) is 17.7 Å². The Morgan fingerprint density at radius 1 is 1.64 bits per heavy atom. The Hall–Kier alpha value is -0.370. The van der Waals surface area contributed by atoms with Crippen molar-refractivity contribution in [2.45, 2.75) is 31.5 Å². The van der Waals surface area contributed by atoms with Gasteiger partial charge in [0.15, 0.2) is 0 Å².